The predicted octanol–water partition coefficient (Wildman–Crippen LogP) is 6.62. The van der Waals surface area contributed by atoms with E-state index in [1.54, 1.807) is 11.1 Å². The minimum absolute atomic E-state index is 0. The first-order valence-corrected chi connectivity index (χ1v) is 17.9. The van der Waals surface area contributed by atoms with Crippen LogP contribution in [0.3, 0.4) is 0 Å². The Kier molecular flexibility index (Phi) is 42.1. The SMILES string of the molecule is CC1=C(C)C(C)(C)C(C2=C(C)C(C)=C(C)C2(C)C)=C1C.[C-]1=CC=CC1.[C-]1=CC=CC1.[CH3-].[CH3-].[CH3-].[CH3-].[CH3-].[Cl-].[Cl-].[Cl][Zr][Cl].[Zr+2]. The smallest absolute Gasteiger partial charge is 2.00 e. The first-order chi connectivity index (χ1) is 15.4. The van der Waals surface area contributed by atoms with E-state index in [1.807, 2.05) is 24.3 Å². The summed E-state index contributed by atoms with van der Waals surface area (Å²) in [6.45, 7) is 23.3. The summed E-state index contributed by atoms with van der Waals surface area (Å²) in [7, 11) is 9.87. The average molecular weight is 800 g/mol. The first kappa shape index (κ1) is 60.9. The molecule has 41 heavy (non-hydrogen) atoms. The second-order valence-corrected chi connectivity index (χ2v) is 13.6. The summed E-state index contributed by atoms with van der Waals surface area (Å²) in [5, 5.41) is 0. The molecule has 0 N–H and O–H groups in total. The van der Waals surface area contributed by atoms with Crippen LogP contribution in [0.15, 0.2) is 81.0 Å². The van der Waals surface area contributed by atoms with Crippen molar-refractivity contribution >= 4 is 17.0 Å². The van der Waals surface area contributed by atoms with Gasteiger partial charge in [-0.15, -0.1) is 12.8 Å². The fourth-order valence-corrected chi connectivity index (χ4v) is 4.87. The molecule has 0 spiro atoms. The van der Waals surface area contributed by atoms with Gasteiger partial charge in [-0.1, -0.05) is 38.8 Å². The van der Waals surface area contributed by atoms with Crippen LogP contribution in [0.5, 0.6) is 0 Å². The summed E-state index contributed by atoms with van der Waals surface area (Å²) in [4.78, 5) is 0. The van der Waals surface area contributed by atoms with Crippen LogP contribution >= 0.6 is 17.0 Å². The Morgan fingerprint density at radius 1 is 0.585 bits per heavy atom. The molecule has 0 aliphatic heterocycles. The molecule has 4 aliphatic carbocycles. The van der Waals surface area contributed by atoms with Crippen molar-refractivity contribution in [2.75, 3.05) is 0 Å². The second kappa shape index (κ2) is 28.3. The topological polar surface area (TPSA) is 0 Å². The van der Waals surface area contributed by atoms with Crippen LogP contribution in [0.4, 0.5) is 0 Å². The Hall–Kier alpha value is 0.846. The summed E-state index contributed by atoms with van der Waals surface area (Å²) in [5.41, 5.74) is 12.5. The van der Waals surface area contributed by atoms with Gasteiger partial charge >= 0.3 is 64.1 Å². The van der Waals surface area contributed by atoms with Crippen molar-refractivity contribution in [3.8, 4) is 0 Å². The summed E-state index contributed by atoms with van der Waals surface area (Å²) in [6.07, 6.45) is 20.0. The maximum atomic E-state index is 4.93. The monoisotopic (exact) mass is 795 g/mol. The van der Waals surface area contributed by atoms with E-state index in [1.165, 1.54) is 33.4 Å². The molecule has 0 heterocycles. The molecule has 0 saturated heterocycles. The zero-order valence-corrected chi connectivity index (χ0v) is 36.3. The Balaban J connectivity index is -0.0000000732. The minimum Gasteiger partial charge on any atom is 2.00 e. The second-order valence-electron chi connectivity index (χ2n) is 9.83. The molecule has 4 aliphatic rings. The zero-order valence-electron chi connectivity index (χ0n) is 28.4. The third-order valence-corrected chi connectivity index (χ3v) is 7.55. The molecule has 0 amide bonds. The number of hydrogen-bond acceptors (Lipinski definition) is 0. The van der Waals surface area contributed by atoms with Crippen molar-refractivity contribution < 1.29 is 71.9 Å². The van der Waals surface area contributed by atoms with Crippen molar-refractivity contribution in [3.05, 3.63) is 130 Å². The van der Waals surface area contributed by atoms with E-state index < -0.39 is 20.8 Å². The van der Waals surface area contributed by atoms with Crippen LogP contribution in [-0.4, -0.2) is 0 Å². The molecule has 0 saturated carbocycles. The number of hydrogen-bond donors (Lipinski definition) is 0. The van der Waals surface area contributed by atoms with Gasteiger partial charge in [0.15, 0.2) is 0 Å². The van der Waals surface area contributed by atoms with E-state index in [0.717, 1.165) is 12.8 Å². The number of allylic oxidation sites excluding steroid dienone is 16. The molecule has 0 atom stereocenters. The molecule has 0 nitrogen and oxygen atoms in total. The largest absolute Gasteiger partial charge is 2.00 e. The van der Waals surface area contributed by atoms with Crippen LogP contribution in [0.2, 0.25) is 0 Å². The molecule has 0 fully saturated rings. The van der Waals surface area contributed by atoms with Crippen LogP contribution in [0, 0.1) is 60.1 Å². The fourth-order valence-electron chi connectivity index (χ4n) is 4.87. The summed E-state index contributed by atoms with van der Waals surface area (Å²) >= 11 is -0.826. The van der Waals surface area contributed by atoms with E-state index in [0.29, 0.717) is 0 Å². The third-order valence-electron chi connectivity index (χ3n) is 7.55. The van der Waals surface area contributed by atoms with Gasteiger partial charge in [0.25, 0.3) is 0 Å². The molecule has 0 aromatic carbocycles. The van der Waals surface area contributed by atoms with Crippen molar-refractivity contribution in [2.45, 2.75) is 82.1 Å². The molecule has 238 valence electrons. The Labute approximate surface area is 309 Å². The summed E-state index contributed by atoms with van der Waals surface area (Å²) in [6, 6.07) is 0. The van der Waals surface area contributed by atoms with Crippen LogP contribution in [0.25, 0.3) is 0 Å². The maximum Gasteiger partial charge on any atom is 2.00 e. The minimum atomic E-state index is -0.826. The Morgan fingerprint density at radius 2 is 0.829 bits per heavy atom. The number of halogens is 4. The van der Waals surface area contributed by atoms with E-state index in [2.05, 4.69) is 93.5 Å². The first-order valence-electron chi connectivity index (χ1n) is 11.6. The quantitative estimate of drug-likeness (QED) is 0.262. The van der Waals surface area contributed by atoms with Crippen molar-refractivity contribution in [2.24, 2.45) is 10.8 Å². The van der Waals surface area contributed by atoms with Crippen LogP contribution in [-0.2, 0) is 47.1 Å². The third kappa shape index (κ3) is 15.6. The molecular formula is C35H55Cl4Zr2-7. The molecule has 0 radical (unpaired) electrons. The van der Waals surface area contributed by atoms with Crippen molar-refractivity contribution in [1.29, 1.82) is 0 Å². The Bertz CT molecular complexity index is 872. The molecule has 0 bridgehead atoms. The summed E-state index contributed by atoms with van der Waals surface area (Å²) in [5.74, 6) is 0. The Morgan fingerprint density at radius 3 is 0.927 bits per heavy atom. The van der Waals surface area contributed by atoms with Gasteiger partial charge in [0, 0.05) is 10.8 Å². The molecular weight excluding hydrogens is 745 g/mol. The normalized spacial score (nSPS) is 17.1. The van der Waals surface area contributed by atoms with Crippen LogP contribution < -0.4 is 24.8 Å². The predicted molar refractivity (Wildman–Crippen MR) is 177 cm³/mol. The molecule has 0 aromatic rings. The van der Waals surface area contributed by atoms with Gasteiger partial charge in [0.2, 0.25) is 0 Å². The maximum absolute atomic E-state index is 4.93. The van der Waals surface area contributed by atoms with Gasteiger partial charge in [0.05, 0.1) is 0 Å². The number of rotatable bonds is 1. The zero-order chi connectivity index (χ0) is 25.4. The van der Waals surface area contributed by atoms with Crippen molar-refractivity contribution in [3.63, 3.8) is 0 Å². The molecule has 4 rings (SSSR count). The molecule has 6 heteroatoms. The molecule has 0 aromatic heterocycles. The van der Waals surface area contributed by atoms with Gasteiger partial charge in [0.1, 0.15) is 0 Å². The van der Waals surface area contributed by atoms with Gasteiger partial charge < -0.3 is 61.9 Å². The van der Waals surface area contributed by atoms with Gasteiger partial charge in [-0.3, -0.25) is 12.2 Å². The summed E-state index contributed by atoms with van der Waals surface area (Å²) < 4.78 is 0. The van der Waals surface area contributed by atoms with E-state index in [4.69, 9.17) is 17.0 Å². The standard InChI is InChI=1S/C20H30.2C5H5.5CH3.4ClH.2Zr/c1-11-13(3)17(19(7,8)15(11)5)18-14(4)12(2)16(6)20(18,9)10;2*1-2-4-5-3-1;;;;;;;;;;;/h1-10H3;2*1-3H,4H2;5*1H3;4*1H;;/q;7*-1;;;;;2*+2/p-4. The average Bonchev–Trinajstić information content (AvgIpc) is 3.55. The van der Waals surface area contributed by atoms with Gasteiger partial charge in [-0.2, -0.15) is 12.2 Å². The van der Waals surface area contributed by atoms with Crippen LogP contribution in [0.1, 0.15) is 82.1 Å². The van der Waals surface area contributed by atoms with E-state index >= 15 is 0 Å². The van der Waals surface area contributed by atoms with E-state index in [9.17, 15) is 0 Å². The van der Waals surface area contributed by atoms with Gasteiger partial charge in [-0.25, -0.2) is 24.3 Å². The molecule has 0 unspecified atom stereocenters. The van der Waals surface area contributed by atoms with Gasteiger partial charge in [-0.05, 0) is 75.0 Å². The van der Waals surface area contributed by atoms with Crippen molar-refractivity contribution in [1.82, 2.24) is 0 Å². The van der Waals surface area contributed by atoms with E-state index in [-0.39, 0.29) is 99.0 Å². The fraction of sp³-hybridized carbons (Fsp3) is 0.400.